The van der Waals surface area contributed by atoms with Crippen molar-refractivity contribution in [3.05, 3.63) is 71.7 Å². The fourth-order valence-electron chi connectivity index (χ4n) is 3.20. The van der Waals surface area contributed by atoms with Crippen molar-refractivity contribution in [1.29, 1.82) is 0 Å². The SMILES string of the molecule is COC(=O)c1cc(Nc2ncnc3c2cnn3-c2cccc(C)c2)cc(C(=O)OC)c1. The first kappa shape index (κ1) is 20.0. The van der Waals surface area contributed by atoms with Crippen molar-refractivity contribution >= 4 is 34.5 Å². The van der Waals surface area contributed by atoms with E-state index in [1.165, 1.54) is 26.6 Å². The second-order valence-corrected chi connectivity index (χ2v) is 6.76. The number of aromatic nitrogens is 4. The van der Waals surface area contributed by atoms with E-state index in [9.17, 15) is 9.59 Å². The first-order valence-electron chi connectivity index (χ1n) is 9.34. The van der Waals surface area contributed by atoms with E-state index in [0.717, 1.165) is 11.3 Å². The number of anilines is 2. The Labute approximate surface area is 177 Å². The molecule has 0 fully saturated rings. The third-order valence-electron chi connectivity index (χ3n) is 4.65. The van der Waals surface area contributed by atoms with Crippen LogP contribution in [0.25, 0.3) is 16.7 Å². The zero-order valence-corrected chi connectivity index (χ0v) is 17.1. The summed E-state index contributed by atoms with van der Waals surface area (Å²) in [5.74, 6) is -0.676. The summed E-state index contributed by atoms with van der Waals surface area (Å²) in [4.78, 5) is 32.8. The molecule has 9 heteroatoms. The number of methoxy groups -OCH3 is 2. The van der Waals surface area contributed by atoms with Gasteiger partial charge < -0.3 is 14.8 Å². The lowest BCUT2D eigenvalue weighted by Gasteiger charge is -2.10. The fraction of sp³-hybridized carbons (Fsp3) is 0.136. The summed E-state index contributed by atoms with van der Waals surface area (Å²) < 4.78 is 11.3. The zero-order chi connectivity index (χ0) is 22.0. The molecule has 2 heterocycles. The number of fused-ring (bicyclic) bond motifs is 1. The van der Waals surface area contributed by atoms with E-state index in [0.29, 0.717) is 22.5 Å². The molecule has 0 saturated carbocycles. The van der Waals surface area contributed by atoms with E-state index >= 15 is 0 Å². The summed E-state index contributed by atoms with van der Waals surface area (Å²) >= 11 is 0. The summed E-state index contributed by atoms with van der Waals surface area (Å²) in [5, 5.41) is 8.27. The minimum atomic E-state index is -0.575. The van der Waals surface area contributed by atoms with Crippen LogP contribution in [0, 0.1) is 6.92 Å². The predicted molar refractivity (Wildman–Crippen MR) is 114 cm³/mol. The number of esters is 2. The number of aryl methyl sites for hydroxylation is 1. The first-order valence-corrected chi connectivity index (χ1v) is 9.34. The molecular formula is C22H19N5O4. The minimum Gasteiger partial charge on any atom is -0.465 e. The molecule has 4 aromatic rings. The molecule has 0 aliphatic carbocycles. The Bertz CT molecular complexity index is 1260. The number of nitrogens with one attached hydrogen (secondary N) is 1. The molecule has 0 saturated heterocycles. The van der Waals surface area contributed by atoms with Gasteiger partial charge in [-0.25, -0.2) is 24.2 Å². The number of rotatable bonds is 5. The molecule has 0 radical (unpaired) electrons. The van der Waals surface area contributed by atoms with Crippen LogP contribution in [0.5, 0.6) is 0 Å². The Balaban J connectivity index is 1.77. The highest BCUT2D eigenvalue weighted by Crippen LogP contribution is 2.26. The molecule has 156 valence electrons. The molecule has 31 heavy (non-hydrogen) atoms. The lowest BCUT2D eigenvalue weighted by Crippen LogP contribution is -2.08. The van der Waals surface area contributed by atoms with Crippen molar-refractivity contribution in [3.63, 3.8) is 0 Å². The molecule has 0 bridgehead atoms. The monoisotopic (exact) mass is 417 g/mol. The highest BCUT2D eigenvalue weighted by molar-refractivity contribution is 5.98. The Hall–Kier alpha value is -4.27. The van der Waals surface area contributed by atoms with Gasteiger partial charge in [0.1, 0.15) is 12.1 Å². The van der Waals surface area contributed by atoms with Gasteiger partial charge in [0, 0.05) is 5.69 Å². The van der Waals surface area contributed by atoms with Crippen LogP contribution in [-0.2, 0) is 9.47 Å². The minimum absolute atomic E-state index is 0.202. The highest BCUT2D eigenvalue weighted by atomic mass is 16.5. The zero-order valence-electron chi connectivity index (χ0n) is 17.1. The van der Waals surface area contributed by atoms with Crippen LogP contribution in [0.4, 0.5) is 11.5 Å². The average molecular weight is 417 g/mol. The van der Waals surface area contributed by atoms with E-state index in [1.807, 2.05) is 31.2 Å². The molecule has 0 amide bonds. The van der Waals surface area contributed by atoms with Crippen molar-refractivity contribution in [2.45, 2.75) is 6.92 Å². The van der Waals surface area contributed by atoms with Gasteiger partial charge in [-0.1, -0.05) is 12.1 Å². The van der Waals surface area contributed by atoms with Crippen LogP contribution in [-0.4, -0.2) is 45.9 Å². The standard InChI is InChI=1S/C22H19N5O4/c1-13-5-4-6-17(7-13)27-20-18(11-25-27)19(23-12-24-20)26-16-9-14(21(28)30-2)8-15(10-16)22(29)31-3/h4-12H,1-3H3,(H,23,24,26). The lowest BCUT2D eigenvalue weighted by atomic mass is 10.1. The van der Waals surface area contributed by atoms with Gasteiger partial charge in [0.15, 0.2) is 5.65 Å². The van der Waals surface area contributed by atoms with Crippen molar-refractivity contribution in [2.24, 2.45) is 0 Å². The number of benzene rings is 2. The average Bonchev–Trinajstić information content (AvgIpc) is 3.23. The Morgan fingerprint density at radius 2 is 1.68 bits per heavy atom. The number of nitrogens with zero attached hydrogens (tertiary/aromatic N) is 4. The molecule has 4 rings (SSSR count). The van der Waals surface area contributed by atoms with Crippen molar-refractivity contribution in [2.75, 3.05) is 19.5 Å². The van der Waals surface area contributed by atoms with Crippen LogP contribution < -0.4 is 5.32 Å². The summed E-state index contributed by atoms with van der Waals surface area (Å²) in [5.41, 5.74) is 3.46. The second kappa shape index (κ2) is 8.23. The lowest BCUT2D eigenvalue weighted by molar-refractivity contribution is 0.0599. The highest BCUT2D eigenvalue weighted by Gasteiger charge is 2.16. The van der Waals surface area contributed by atoms with E-state index in [1.54, 1.807) is 23.0 Å². The van der Waals surface area contributed by atoms with Gasteiger partial charge >= 0.3 is 11.9 Å². The quantitative estimate of drug-likeness (QED) is 0.492. The molecule has 0 spiro atoms. The fourth-order valence-corrected chi connectivity index (χ4v) is 3.20. The van der Waals surface area contributed by atoms with Gasteiger partial charge in [-0.2, -0.15) is 5.10 Å². The number of carbonyl (C=O) groups is 2. The third-order valence-corrected chi connectivity index (χ3v) is 4.65. The second-order valence-electron chi connectivity index (χ2n) is 6.76. The Morgan fingerprint density at radius 1 is 0.968 bits per heavy atom. The molecule has 0 unspecified atom stereocenters. The Kier molecular flexibility index (Phi) is 5.31. The van der Waals surface area contributed by atoms with Crippen LogP contribution >= 0.6 is 0 Å². The van der Waals surface area contributed by atoms with E-state index in [4.69, 9.17) is 9.47 Å². The van der Waals surface area contributed by atoms with Crippen molar-refractivity contribution in [3.8, 4) is 5.69 Å². The maximum atomic E-state index is 12.0. The van der Waals surface area contributed by atoms with Gasteiger partial charge in [-0.15, -0.1) is 0 Å². The maximum Gasteiger partial charge on any atom is 0.337 e. The van der Waals surface area contributed by atoms with Crippen LogP contribution in [0.15, 0.2) is 55.0 Å². The number of ether oxygens (including phenoxy) is 2. The molecule has 1 N–H and O–H groups in total. The summed E-state index contributed by atoms with van der Waals surface area (Å²) in [7, 11) is 2.54. The van der Waals surface area contributed by atoms with Gasteiger partial charge in [-0.05, 0) is 42.8 Å². The van der Waals surface area contributed by atoms with Gasteiger partial charge in [0.2, 0.25) is 0 Å². The van der Waals surface area contributed by atoms with Gasteiger partial charge in [-0.3, -0.25) is 0 Å². The van der Waals surface area contributed by atoms with Crippen LogP contribution in [0.2, 0.25) is 0 Å². The molecule has 9 nitrogen and oxygen atoms in total. The Morgan fingerprint density at radius 3 is 2.32 bits per heavy atom. The molecular weight excluding hydrogens is 398 g/mol. The molecule has 0 aliphatic rings. The number of hydrogen-bond donors (Lipinski definition) is 1. The van der Waals surface area contributed by atoms with Crippen LogP contribution in [0.3, 0.4) is 0 Å². The van der Waals surface area contributed by atoms with Gasteiger partial charge in [0.25, 0.3) is 0 Å². The first-order chi connectivity index (χ1) is 15.0. The summed E-state index contributed by atoms with van der Waals surface area (Å²) in [6.45, 7) is 2.00. The predicted octanol–water partition coefficient (Wildman–Crippen LogP) is 3.44. The largest absolute Gasteiger partial charge is 0.465 e. The van der Waals surface area contributed by atoms with Crippen LogP contribution in [0.1, 0.15) is 26.3 Å². The molecule has 0 atom stereocenters. The summed E-state index contributed by atoms with van der Waals surface area (Å²) in [6, 6.07) is 12.4. The topological polar surface area (TPSA) is 108 Å². The normalized spacial score (nSPS) is 10.7. The molecule has 2 aromatic carbocycles. The van der Waals surface area contributed by atoms with E-state index < -0.39 is 11.9 Å². The van der Waals surface area contributed by atoms with E-state index in [-0.39, 0.29) is 11.1 Å². The number of carbonyl (C=O) groups excluding carboxylic acids is 2. The smallest absolute Gasteiger partial charge is 0.337 e. The van der Waals surface area contributed by atoms with Gasteiger partial charge in [0.05, 0.1) is 42.6 Å². The maximum absolute atomic E-state index is 12.0. The summed E-state index contributed by atoms with van der Waals surface area (Å²) in [6.07, 6.45) is 3.08. The van der Waals surface area contributed by atoms with Crippen molar-refractivity contribution in [1.82, 2.24) is 19.7 Å². The van der Waals surface area contributed by atoms with E-state index in [2.05, 4.69) is 20.4 Å². The van der Waals surface area contributed by atoms with Crippen molar-refractivity contribution < 1.29 is 19.1 Å². The third kappa shape index (κ3) is 3.93. The molecule has 2 aromatic heterocycles. The molecule has 0 aliphatic heterocycles. The number of hydrogen-bond acceptors (Lipinski definition) is 8.